The van der Waals surface area contributed by atoms with Gasteiger partial charge in [0.2, 0.25) is 5.91 Å². The van der Waals surface area contributed by atoms with E-state index in [4.69, 9.17) is 9.47 Å². The number of aromatic nitrogens is 1. The van der Waals surface area contributed by atoms with E-state index in [-0.39, 0.29) is 18.6 Å². The molecule has 2 aliphatic heterocycles. The molecule has 0 N–H and O–H groups in total. The number of ether oxygens (including phenoxy) is 2. The zero-order valence-corrected chi connectivity index (χ0v) is 13.1. The van der Waals surface area contributed by atoms with E-state index in [2.05, 4.69) is 9.88 Å². The minimum absolute atomic E-state index is 0.00282. The molecule has 3 heterocycles. The molecule has 1 aromatic heterocycles. The lowest BCUT2D eigenvalue weighted by Crippen LogP contribution is -2.32. The van der Waals surface area contributed by atoms with Crippen molar-refractivity contribution in [2.24, 2.45) is 5.92 Å². The van der Waals surface area contributed by atoms with Crippen molar-refractivity contribution in [2.75, 3.05) is 40.5 Å². The first-order valence-electron chi connectivity index (χ1n) is 7.67. The molecule has 2 aliphatic rings. The third-order valence-electron chi connectivity index (χ3n) is 4.51. The number of likely N-dealkylation sites (N-methyl/N-ethyl adjacent to an activating group) is 1. The zero-order valence-electron chi connectivity index (χ0n) is 13.1. The minimum Gasteiger partial charge on any atom is -0.379 e. The highest BCUT2D eigenvalue weighted by molar-refractivity contribution is 5.76. The van der Waals surface area contributed by atoms with Gasteiger partial charge >= 0.3 is 0 Å². The fraction of sp³-hybridized carbons (Fsp3) is 0.625. The van der Waals surface area contributed by atoms with Gasteiger partial charge in [0.15, 0.2) is 0 Å². The third-order valence-corrected chi connectivity index (χ3v) is 4.51. The maximum Gasteiger partial charge on any atom is 0.248 e. The highest BCUT2D eigenvalue weighted by Gasteiger charge is 2.45. The summed E-state index contributed by atoms with van der Waals surface area (Å²) in [5.74, 6) is 0.361. The van der Waals surface area contributed by atoms with Crippen LogP contribution in [0.3, 0.4) is 0 Å². The number of hydrogen-bond donors (Lipinski definition) is 0. The lowest BCUT2D eigenvalue weighted by atomic mass is 10.0. The highest BCUT2D eigenvalue weighted by atomic mass is 16.5. The van der Waals surface area contributed by atoms with Crippen LogP contribution in [0.4, 0.5) is 0 Å². The number of amides is 1. The van der Waals surface area contributed by atoms with E-state index < -0.39 is 0 Å². The molecule has 3 rings (SSSR count). The Hall–Kier alpha value is -1.50. The Labute approximate surface area is 131 Å². The van der Waals surface area contributed by atoms with Crippen LogP contribution in [-0.2, 0) is 20.8 Å². The average Bonchev–Trinajstić information content (AvgIpc) is 3.10. The SMILES string of the molecule is CN(C)C(=O)CO[C@@H]1CN(Cc2ccncc2)[C@H]2COC[C@@H]12. The molecule has 0 unspecified atom stereocenters. The van der Waals surface area contributed by atoms with Gasteiger partial charge in [-0.15, -0.1) is 0 Å². The molecule has 2 saturated heterocycles. The molecule has 1 aromatic rings. The van der Waals surface area contributed by atoms with Crippen LogP contribution in [0.25, 0.3) is 0 Å². The van der Waals surface area contributed by atoms with Crippen molar-refractivity contribution in [3.05, 3.63) is 30.1 Å². The second-order valence-corrected chi connectivity index (χ2v) is 6.19. The molecule has 3 atom stereocenters. The number of pyridine rings is 1. The molecule has 120 valence electrons. The van der Waals surface area contributed by atoms with Gasteiger partial charge in [-0.1, -0.05) is 0 Å². The van der Waals surface area contributed by atoms with Crippen LogP contribution in [0.2, 0.25) is 0 Å². The van der Waals surface area contributed by atoms with Crippen LogP contribution in [0.1, 0.15) is 5.56 Å². The Bertz CT molecular complexity index is 509. The van der Waals surface area contributed by atoms with E-state index in [0.29, 0.717) is 12.0 Å². The first-order chi connectivity index (χ1) is 10.6. The molecule has 0 bridgehead atoms. The largest absolute Gasteiger partial charge is 0.379 e. The van der Waals surface area contributed by atoms with E-state index in [0.717, 1.165) is 26.3 Å². The number of carbonyl (C=O) groups excluding carboxylic acids is 1. The standard InChI is InChI=1S/C16H23N3O3/c1-18(2)16(20)11-22-15-8-19(14-10-21-9-13(14)15)7-12-3-5-17-6-4-12/h3-6,13-15H,7-11H2,1-2H3/t13-,14+,15-/m1/s1. The monoisotopic (exact) mass is 305 g/mol. The topological polar surface area (TPSA) is 54.9 Å². The molecule has 1 amide bonds. The van der Waals surface area contributed by atoms with E-state index in [1.54, 1.807) is 19.0 Å². The second-order valence-electron chi connectivity index (χ2n) is 6.19. The molecule has 6 heteroatoms. The maximum atomic E-state index is 11.7. The number of fused-ring (bicyclic) bond motifs is 1. The summed E-state index contributed by atoms with van der Waals surface area (Å²) in [5, 5.41) is 0. The van der Waals surface area contributed by atoms with Crippen molar-refractivity contribution in [3.63, 3.8) is 0 Å². The lowest BCUT2D eigenvalue weighted by Gasteiger charge is -2.21. The summed E-state index contributed by atoms with van der Waals surface area (Å²) in [5.41, 5.74) is 1.24. The molecule has 0 aliphatic carbocycles. The Morgan fingerprint density at radius 3 is 2.91 bits per heavy atom. The van der Waals surface area contributed by atoms with Crippen molar-refractivity contribution in [1.82, 2.24) is 14.8 Å². The Balaban J connectivity index is 1.61. The molecule has 6 nitrogen and oxygen atoms in total. The van der Waals surface area contributed by atoms with Crippen LogP contribution in [0.15, 0.2) is 24.5 Å². The zero-order chi connectivity index (χ0) is 15.5. The average molecular weight is 305 g/mol. The van der Waals surface area contributed by atoms with E-state index in [1.807, 2.05) is 24.5 Å². The summed E-state index contributed by atoms with van der Waals surface area (Å²) in [4.78, 5) is 19.7. The van der Waals surface area contributed by atoms with Crippen molar-refractivity contribution in [2.45, 2.75) is 18.7 Å². The molecular weight excluding hydrogens is 282 g/mol. The third kappa shape index (κ3) is 3.29. The Morgan fingerprint density at radius 1 is 1.41 bits per heavy atom. The van der Waals surface area contributed by atoms with Gasteiger partial charge < -0.3 is 14.4 Å². The molecule has 0 aromatic carbocycles. The van der Waals surface area contributed by atoms with Gasteiger partial charge in [0, 0.05) is 51.5 Å². The number of carbonyl (C=O) groups is 1. The minimum atomic E-state index is 0.00282. The summed E-state index contributed by atoms with van der Waals surface area (Å²) < 4.78 is 11.5. The van der Waals surface area contributed by atoms with Crippen LogP contribution in [-0.4, -0.2) is 73.3 Å². The smallest absolute Gasteiger partial charge is 0.248 e. The summed E-state index contributed by atoms with van der Waals surface area (Å²) >= 11 is 0. The van der Waals surface area contributed by atoms with Crippen LogP contribution < -0.4 is 0 Å². The lowest BCUT2D eigenvalue weighted by molar-refractivity contribution is -0.136. The van der Waals surface area contributed by atoms with Gasteiger partial charge in [-0.25, -0.2) is 0 Å². The highest BCUT2D eigenvalue weighted by Crippen LogP contribution is 2.33. The number of rotatable bonds is 5. The van der Waals surface area contributed by atoms with E-state index in [1.165, 1.54) is 5.56 Å². The van der Waals surface area contributed by atoms with Crippen LogP contribution in [0, 0.1) is 5.92 Å². The summed E-state index contributed by atoms with van der Waals surface area (Å²) in [6.07, 6.45) is 3.70. The predicted molar refractivity (Wildman–Crippen MR) is 81.2 cm³/mol. The number of likely N-dealkylation sites (tertiary alicyclic amines) is 1. The van der Waals surface area contributed by atoms with Gasteiger partial charge in [-0.3, -0.25) is 14.7 Å². The number of hydrogen-bond acceptors (Lipinski definition) is 5. The first-order valence-corrected chi connectivity index (χ1v) is 7.67. The fourth-order valence-electron chi connectivity index (χ4n) is 3.18. The Morgan fingerprint density at radius 2 is 2.18 bits per heavy atom. The Kier molecular flexibility index (Phi) is 4.71. The van der Waals surface area contributed by atoms with Crippen LogP contribution >= 0.6 is 0 Å². The van der Waals surface area contributed by atoms with Gasteiger partial charge in [0.05, 0.1) is 19.3 Å². The van der Waals surface area contributed by atoms with Crippen LogP contribution in [0.5, 0.6) is 0 Å². The fourth-order valence-corrected chi connectivity index (χ4v) is 3.18. The van der Waals surface area contributed by atoms with Gasteiger partial charge in [0.1, 0.15) is 6.61 Å². The summed E-state index contributed by atoms with van der Waals surface area (Å²) in [7, 11) is 3.50. The van der Waals surface area contributed by atoms with E-state index in [9.17, 15) is 4.79 Å². The van der Waals surface area contributed by atoms with Gasteiger partial charge in [-0.05, 0) is 17.7 Å². The number of nitrogens with zero attached hydrogens (tertiary/aromatic N) is 3. The van der Waals surface area contributed by atoms with Crippen molar-refractivity contribution >= 4 is 5.91 Å². The van der Waals surface area contributed by atoms with E-state index >= 15 is 0 Å². The predicted octanol–water partition coefficient (Wildman–Crippen LogP) is 0.386. The maximum absolute atomic E-state index is 11.7. The molecule has 0 radical (unpaired) electrons. The quantitative estimate of drug-likeness (QED) is 0.787. The first kappa shape index (κ1) is 15.4. The van der Waals surface area contributed by atoms with Gasteiger partial charge in [0.25, 0.3) is 0 Å². The summed E-state index contributed by atoms with van der Waals surface area (Å²) in [6, 6.07) is 4.45. The molecule has 22 heavy (non-hydrogen) atoms. The van der Waals surface area contributed by atoms with Crippen molar-refractivity contribution in [1.29, 1.82) is 0 Å². The molecular formula is C16H23N3O3. The normalized spacial score (nSPS) is 27.8. The van der Waals surface area contributed by atoms with Gasteiger partial charge in [-0.2, -0.15) is 0 Å². The summed E-state index contributed by atoms with van der Waals surface area (Å²) in [6.45, 7) is 3.33. The second kappa shape index (κ2) is 6.73. The molecule has 2 fully saturated rings. The molecule has 0 spiro atoms. The van der Waals surface area contributed by atoms with Crippen molar-refractivity contribution in [3.8, 4) is 0 Å². The molecule has 0 saturated carbocycles. The van der Waals surface area contributed by atoms with Crippen molar-refractivity contribution < 1.29 is 14.3 Å².